The van der Waals surface area contributed by atoms with Gasteiger partial charge in [-0.2, -0.15) is 0 Å². The normalized spacial score (nSPS) is 11.4. The van der Waals surface area contributed by atoms with E-state index in [0.29, 0.717) is 0 Å². The second-order valence-corrected chi connectivity index (χ2v) is 10.3. The summed E-state index contributed by atoms with van der Waals surface area (Å²) in [5, 5.41) is 2.56. The number of nitrogens with zero attached hydrogens (tertiary/aromatic N) is 4. The quantitative estimate of drug-likeness (QED) is 0.162. The van der Waals surface area contributed by atoms with Crippen molar-refractivity contribution in [1.82, 2.24) is 19.1 Å². The smallest absolute Gasteiger partial charge is 0.159 e. The van der Waals surface area contributed by atoms with Crippen LogP contribution in [0.25, 0.3) is 44.4 Å². The van der Waals surface area contributed by atoms with Gasteiger partial charge in [-0.05, 0) is 73.5 Å². The van der Waals surface area contributed by atoms with Gasteiger partial charge in [-0.3, -0.25) is 4.98 Å². The summed E-state index contributed by atoms with van der Waals surface area (Å²) >= 11 is 7.29. The Balaban J connectivity index is 0.00000253. The summed E-state index contributed by atoms with van der Waals surface area (Å²) in [5.74, 6) is 0.938. The SMILES string of the molecule is Brc1ccc2c(c1)c1cc(Br)ccc1n2CCCCn1c(-c2ccccn2)nc2ccccc21.[Eu]. The van der Waals surface area contributed by atoms with Gasteiger partial charge in [0.15, 0.2) is 5.82 Å². The van der Waals surface area contributed by atoms with Gasteiger partial charge in [-0.15, -0.1) is 0 Å². The van der Waals surface area contributed by atoms with E-state index in [2.05, 4.69) is 101 Å². The number of benzene rings is 3. The van der Waals surface area contributed by atoms with E-state index in [1.54, 1.807) is 0 Å². The summed E-state index contributed by atoms with van der Waals surface area (Å²) in [7, 11) is 0. The van der Waals surface area contributed by atoms with Gasteiger partial charge in [0.25, 0.3) is 0 Å². The Bertz CT molecular complexity index is 1580. The Kier molecular flexibility index (Phi) is 7.90. The maximum absolute atomic E-state index is 4.90. The van der Waals surface area contributed by atoms with Gasteiger partial charge in [-0.1, -0.05) is 50.1 Å². The molecule has 0 saturated carbocycles. The first-order valence-corrected chi connectivity index (χ1v) is 13.0. The zero-order valence-electron chi connectivity index (χ0n) is 18.8. The van der Waals surface area contributed by atoms with Gasteiger partial charge >= 0.3 is 0 Å². The predicted octanol–water partition coefficient (Wildman–Crippen LogP) is 8.21. The van der Waals surface area contributed by atoms with Crippen LogP contribution >= 0.6 is 31.9 Å². The predicted molar refractivity (Wildman–Crippen MR) is 147 cm³/mol. The number of fused-ring (bicyclic) bond motifs is 4. The van der Waals surface area contributed by atoms with E-state index in [-0.39, 0.29) is 49.4 Å². The number of rotatable bonds is 6. The minimum atomic E-state index is 0. The standard InChI is InChI=1S/C28H22Br2N4.Eu/c29-19-10-12-25-21(17-19)22-18-20(30)11-13-26(22)33(25)15-5-6-16-34-27-9-2-1-7-23(27)32-28(34)24-8-3-4-14-31-24;/h1-4,7-14,17-18H,5-6,15-16H2;. The number of pyridine rings is 1. The van der Waals surface area contributed by atoms with Crippen molar-refractivity contribution in [2.75, 3.05) is 0 Å². The maximum Gasteiger partial charge on any atom is 0.159 e. The molecule has 3 aromatic heterocycles. The summed E-state index contributed by atoms with van der Waals surface area (Å²) < 4.78 is 6.98. The van der Waals surface area contributed by atoms with Gasteiger partial charge in [0.05, 0.1) is 11.0 Å². The molecule has 6 aromatic rings. The number of hydrogen-bond acceptors (Lipinski definition) is 2. The number of aromatic nitrogens is 4. The third kappa shape index (κ3) is 4.95. The molecule has 0 bridgehead atoms. The van der Waals surface area contributed by atoms with Crippen molar-refractivity contribution in [3.05, 3.63) is 94.0 Å². The van der Waals surface area contributed by atoms with E-state index in [9.17, 15) is 0 Å². The van der Waals surface area contributed by atoms with Crippen LogP contribution in [0.4, 0.5) is 0 Å². The fourth-order valence-corrected chi connectivity index (χ4v) is 5.54. The maximum atomic E-state index is 4.90. The first-order valence-electron chi connectivity index (χ1n) is 11.4. The molecule has 6 rings (SSSR count). The molecule has 7 heteroatoms. The number of imidazole rings is 1. The van der Waals surface area contributed by atoms with E-state index in [0.717, 1.165) is 57.4 Å². The van der Waals surface area contributed by atoms with E-state index in [4.69, 9.17) is 4.98 Å². The Morgan fingerprint density at radius 1 is 0.657 bits per heavy atom. The van der Waals surface area contributed by atoms with Crippen LogP contribution < -0.4 is 0 Å². The minimum Gasteiger partial charge on any atom is -0.340 e. The molecule has 0 N–H and O–H groups in total. The molecule has 0 aliphatic rings. The molecule has 3 heterocycles. The molecule has 175 valence electrons. The molecule has 0 amide bonds. The molecule has 0 fully saturated rings. The van der Waals surface area contributed by atoms with E-state index in [1.807, 2.05) is 30.5 Å². The molecular formula is C28H22Br2EuN4. The first-order chi connectivity index (χ1) is 16.7. The van der Waals surface area contributed by atoms with Gasteiger partial charge in [0.2, 0.25) is 0 Å². The Labute approximate surface area is 261 Å². The van der Waals surface area contributed by atoms with Gasteiger partial charge < -0.3 is 9.13 Å². The Morgan fingerprint density at radius 3 is 1.94 bits per heavy atom. The second-order valence-electron chi connectivity index (χ2n) is 8.47. The van der Waals surface area contributed by atoms with Crippen LogP contribution in [0, 0.1) is 49.4 Å². The number of halogens is 2. The van der Waals surface area contributed by atoms with Gasteiger partial charge in [0.1, 0.15) is 5.69 Å². The summed E-state index contributed by atoms with van der Waals surface area (Å²) in [6, 6.07) is 27.5. The monoisotopic (exact) mass is 725 g/mol. The average molecular weight is 726 g/mol. The van der Waals surface area contributed by atoms with Crippen molar-refractivity contribution in [3.63, 3.8) is 0 Å². The number of hydrogen-bond donors (Lipinski definition) is 0. The van der Waals surface area contributed by atoms with Crippen LogP contribution in [-0.4, -0.2) is 19.1 Å². The van der Waals surface area contributed by atoms with E-state index in [1.165, 1.54) is 21.8 Å². The topological polar surface area (TPSA) is 35.6 Å². The summed E-state index contributed by atoms with van der Waals surface area (Å²) in [6.07, 6.45) is 3.95. The molecule has 3 aromatic carbocycles. The Morgan fingerprint density at radius 2 is 1.29 bits per heavy atom. The van der Waals surface area contributed by atoms with Gasteiger partial charge in [0, 0.05) is 99.4 Å². The molecule has 0 atom stereocenters. The zero-order chi connectivity index (χ0) is 23.1. The molecule has 1 radical (unpaired) electrons. The number of unbranched alkanes of at least 4 members (excludes halogenated alkanes) is 1. The van der Waals surface area contributed by atoms with Crippen molar-refractivity contribution >= 4 is 64.7 Å². The average Bonchev–Trinajstić information content (AvgIpc) is 3.37. The molecule has 0 unspecified atom stereocenters. The van der Waals surface area contributed by atoms with Crippen molar-refractivity contribution in [2.24, 2.45) is 0 Å². The van der Waals surface area contributed by atoms with Crippen LogP contribution in [0.5, 0.6) is 0 Å². The van der Waals surface area contributed by atoms with Crippen LogP contribution in [0.1, 0.15) is 12.8 Å². The second kappa shape index (κ2) is 10.9. The van der Waals surface area contributed by atoms with Crippen LogP contribution in [0.2, 0.25) is 0 Å². The molecule has 0 saturated heterocycles. The molecule has 0 spiro atoms. The number of aryl methyl sites for hydroxylation is 2. The molecule has 35 heavy (non-hydrogen) atoms. The van der Waals surface area contributed by atoms with Gasteiger partial charge in [-0.25, -0.2) is 4.98 Å². The number of para-hydroxylation sites is 2. The zero-order valence-corrected chi connectivity index (χ0v) is 24.4. The van der Waals surface area contributed by atoms with Crippen LogP contribution in [0.15, 0.2) is 94.0 Å². The van der Waals surface area contributed by atoms with E-state index < -0.39 is 0 Å². The fourth-order valence-electron chi connectivity index (χ4n) is 4.82. The van der Waals surface area contributed by atoms with Crippen molar-refractivity contribution in [2.45, 2.75) is 25.9 Å². The molecule has 4 nitrogen and oxygen atoms in total. The minimum absolute atomic E-state index is 0. The fraction of sp³-hybridized carbons (Fsp3) is 0.143. The molecular weight excluding hydrogens is 704 g/mol. The Hall–Kier alpha value is -1.38. The third-order valence-corrected chi connectivity index (χ3v) is 7.34. The first kappa shape index (κ1) is 25.3. The third-order valence-electron chi connectivity index (χ3n) is 6.35. The van der Waals surface area contributed by atoms with Crippen molar-refractivity contribution in [1.29, 1.82) is 0 Å². The summed E-state index contributed by atoms with van der Waals surface area (Å²) in [4.78, 5) is 9.46. The van der Waals surface area contributed by atoms with Crippen molar-refractivity contribution in [3.8, 4) is 11.5 Å². The van der Waals surface area contributed by atoms with Crippen LogP contribution in [-0.2, 0) is 13.1 Å². The summed E-state index contributed by atoms with van der Waals surface area (Å²) in [6.45, 7) is 1.87. The molecule has 0 aliphatic carbocycles. The van der Waals surface area contributed by atoms with Crippen molar-refractivity contribution < 1.29 is 49.4 Å². The largest absolute Gasteiger partial charge is 0.340 e. The molecule has 0 aliphatic heterocycles. The van der Waals surface area contributed by atoms with E-state index >= 15 is 0 Å². The van der Waals surface area contributed by atoms with Crippen LogP contribution in [0.3, 0.4) is 0 Å². The summed E-state index contributed by atoms with van der Waals surface area (Å²) in [5.41, 5.74) is 5.64.